The molecule has 0 saturated carbocycles. The molecule has 1 aromatic carbocycles. The highest BCUT2D eigenvalue weighted by atomic mass is 32.1. The summed E-state index contributed by atoms with van der Waals surface area (Å²) < 4.78 is 43.6. The van der Waals surface area contributed by atoms with Crippen LogP contribution in [0.4, 0.5) is 13.2 Å². The van der Waals surface area contributed by atoms with E-state index in [0.29, 0.717) is 12.0 Å². The highest BCUT2D eigenvalue weighted by Gasteiger charge is 2.31. The van der Waals surface area contributed by atoms with Gasteiger partial charge in [-0.1, -0.05) is 13.0 Å². The summed E-state index contributed by atoms with van der Waals surface area (Å²) in [6.07, 6.45) is -3.01. The first kappa shape index (κ1) is 14.9. The first-order valence-corrected chi connectivity index (χ1v) is 7.00. The van der Waals surface area contributed by atoms with Crippen LogP contribution in [0.2, 0.25) is 0 Å². The fraction of sp³-hybridized carbons (Fsp3) is 0.200. The molecule has 0 unspecified atom stereocenters. The maximum atomic E-state index is 12.7. The molecule has 114 valence electrons. The summed E-state index contributed by atoms with van der Waals surface area (Å²) in [5, 5.41) is 0. The maximum Gasteiger partial charge on any atom is 0.417 e. The lowest BCUT2D eigenvalue weighted by Crippen LogP contribution is -2.04. The molecular formula is C15H11F3N2OS. The van der Waals surface area contributed by atoms with Crippen molar-refractivity contribution in [2.45, 2.75) is 24.4 Å². The third-order valence-corrected chi connectivity index (χ3v) is 3.73. The predicted molar refractivity (Wildman–Crippen MR) is 78.9 cm³/mol. The number of fused-ring (bicyclic) bond motifs is 1. The number of oxazole rings is 1. The van der Waals surface area contributed by atoms with Gasteiger partial charge in [0.2, 0.25) is 11.6 Å². The van der Waals surface area contributed by atoms with Gasteiger partial charge in [-0.2, -0.15) is 13.2 Å². The fourth-order valence-electron chi connectivity index (χ4n) is 2.24. The van der Waals surface area contributed by atoms with Gasteiger partial charge in [0.25, 0.3) is 0 Å². The van der Waals surface area contributed by atoms with E-state index in [1.807, 2.05) is 13.0 Å². The van der Waals surface area contributed by atoms with Gasteiger partial charge in [-0.05, 0) is 30.2 Å². The predicted octanol–water partition coefficient (Wildman–Crippen LogP) is 4.76. The summed E-state index contributed by atoms with van der Waals surface area (Å²) in [5.41, 5.74) is 0.944. The van der Waals surface area contributed by atoms with Crippen LogP contribution in [0.5, 0.6) is 0 Å². The Morgan fingerprint density at radius 1 is 1.27 bits per heavy atom. The van der Waals surface area contributed by atoms with Crippen molar-refractivity contribution in [2.24, 2.45) is 0 Å². The largest absolute Gasteiger partial charge is 0.418 e. The lowest BCUT2D eigenvalue weighted by atomic mass is 10.1. The Hall–Kier alpha value is -2.02. The summed E-state index contributed by atoms with van der Waals surface area (Å²) in [6, 6.07) is 6.37. The Kier molecular flexibility index (Phi) is 3.60. The van der Waals surface area contributed by atoms with E-state index in [-0.39, 0.29) is 17.1 Å². The molecule has 3 aromatic rings. The van der Waals surface area contributed by atoms with Gasteiger partial charge in [-0.3, -0.25) is 0 Å². The van der Waals surface area contributed by atoms with Crippen LogP contribution >= 0.6 is 12.6 Å². The lowest BCUT2D eigenvalue weighted by molar-refractivity contribution is -0.137. The fourth-order valence-corrected chi connectivity index (χ4v) is 2.60. The molecule has 22 heavy (non-hydrogen) atoms. The molecule has 2 heterocycles. The Labute approximate surface area is 129 Å². The van der Waals surface area contributed by atoms with Gasteiger partial charge in [0.15, 0.2) is 0 Å². The molecule has 0 bridgehead atoms. The quantitative estimate of drug-likeness (QED) is 0.691. The number of hydrogen-bond acceptors (Lipinski definition) is 4. The minimum atomic E-state index is -4.46. The van der Waals surface area contributed by atoms with Crippen LogP contribution in [0.25, 0.3) is 22.7 Å². The van der Waals surface area contributed by atoms with E-state index in [2.05, 4.69) is 22.6 Å². The van der Waals surface area contributed by atoms with Gasteiger partial charge in [-0.15, -0.1) is 12.6 Å². The summed E-state index contributed by atoms with van der Waals surface area (Å²) in [7, 11) is 0. The first-order chi connectivity index (χ1) is 10.4. The Balaban J connectivity index is 2.16. The number of alkyl halides is 3. The zero-order valence-electron chi connectivity index (χ0n) is 11.5. The SMILES string of the molecule is CCc1c(S)cccc1-c1nc2cc(C(F)(F)F)cnc2o1. The van der Waals surface area contributed by atoms with Crippen molar-refractivity contribution in [1.29, 1.82) is 0 Å². The molecule has 0 saturated heterocycles. The van der Waals surface area contributed by atoms with E-state index >= 15 is 0 Å². The average Bonchev–Trinajstić information content (AvgIpc) is 2.88. The molecule has 0 aliphatic rings. The van der Waals surface area contributed by atoms with E-state index in [1.54, 1.807) is 12.1 Å². The number of nitrogens with zero attached hydrogens (tertiary/aromatic N) is 2. The molecule has 0 fully saturated rings. The lowest BCUT2D eigenvalue weighted by Gasteiger charge is -2.06. The second-order valence-corrected chi connectivity index (χ2v) is 5.20. The molecule has 2 aromatic heterocycles. The Bertz CT molecular complexity index is 842. The van der Waals surface area contributed by atoms with E-state index < -0.39 is 11.7 Å². The van der Waals surface area contributed by atoms with E-state index in [9.17, 15) is 13.2 Å². The van der Waals surface area contributed by atoms with Gasteiger partial charge in [0.05, 0.1) is 5.56 Å². The second kappa shape index (κ2) is 5.31. The van der Waals surface area contributed by atoms with Crippen molar-refractivity contribution in [3.63, 3.8) is 0 Å². The molecule has 0 amide bonds. The normalized spacial score (nSPS) is 12.0. The maximum absolute atomic E-state index is 12.7. The van der Waals surface area contributed by atoms with Crippen LogP contribution in [-0.2, 0) is 12.6 Å². The molecule has 3 rings (SSSR count). The van der Waals surface area contributed by atoms with Crippen LogP contribution in [0, 0.1) is 0 Å². The number of halogens is 3. The van der Waals surface area contributed by atoms with Crippen molar-refractivity contribution in [3.8, 4) is 11.5 Å². The van der Waals surface area contributed by atoms with Gasteiger partial charge in [0, 0.05) is 16.7 Å². The van der Waals surface area contributed by atoms with Crippen molar-refractivity contribution in [3.05, 3.63) is 41.6 Å². The summed E-state index contributed by atoms with van der Waals surface area (Å²) in [6.45, 7) is 1.96. The molecule has 0 spiro atoms. The van der Waals surface area contributed by atoms with Gasteiger partial charge >= 0.3 is 6.18 Å². The zero-order valence-corrected chi connectivity index (χ0v) is 12.4. The average molecular weight is 324 g/mol. The molecule has 0 aliphatic carbocycles. The van der Waals surface area contributed by atoms with Crippen LogP contribution in [0.3, 0.4) is 0 Å². The highest BCUT2D eigenvalue weighted by Crippen LogP contribution is 2.33. The van der Waals surface area contributed by atoms with Crippen LogP contribution in [-0.4, -0.2) is 9.97 Å². The number of aromatic nitrogens is 2. The Morgan fingerprint density at radius 2 is 2.05 bits per heavy atom. The van der Waals surface area contributed by atoms with Crippen LogP contribution < -0.4 is 0 Å². The molecule has 0 radical (unpaired) electrons. The van der Waals surface area contributed by atoms with Crippen LogP contribution in [0.1, 0.15) is 18.1 Å². The summed E-state index contributed by atoms with van der Waals surface area (Å²) in [5.74, 6) is 0.245. The standard InChI is InChI=1S/C15H11F3N2OS/c1-2-9-10(4-3-5-12(9)22)13-20-11-6-8(15(16,17)18)7-19-14(11)21-13/h3-7,22H,2H2,1H3. The van der Waals surface area contributed by atoms with Gasteiger partial charge in [0.1, 0.15) is 5.52 Å². The smallest absolute Gasteiger partial charge is 0.417 e. The number of rotatable bonds is 2. The van der Waals surface area contributed by atoms with Crippen LogP contribution in [0.15, 0.2) is 39.8 Å². The summed E-state index contributed by atoms with van der Waals surface area (Å²) >= 11 is 4.38. The monoisotopic (exact) mass is 324 g/mol. The van der Waals surface area contributed by atoms with Gasteiger partial charge in [-0.25, -0.2) is 9.97 Å². The number of benzene rings is 1. The molecule has 3 nitrogen and oxygen atoms in total. The van der Waals surface area contributed by atoms with Crippen molar-refractivity contribution in [1.82, 2.24) is 9.97 Å². The van der Waals surface area contributed by atoms with Crippen molar-refractivity contribution < 1.29 is 17.6 Å². The van der Waals surface area contributed by atoms with E-state index in [1.165, 1.54) is 0 Å². The third-order valence-electron chi connectivity index (χ3n) is 3.31. The Morgan fingerprint density at radius 3 is 2.73 bits per heavy atom. The third kappa shape index (κ3) is 2.56. The molecule has 0 N–H and O–H groups in total. The second-order valence-electron chi connectivity index (χ2n) is 4.72. The molecule has 0 aliphatic heterocycles. The molecule has 0 atom stereocenters. The van der Waals surface area contributed by atoms with Crippen molar-refractivity contribution in [2.75, 3.05) is 0 Å². The van der Waals surface area contributed by atoms with Gasteiger partial charge < -0.3 is 4.42 Å². The van der Waals surface area contributed by atoms with E-state index in [0.717, 1.165) is 22.7 Å². The minimum Gasteiger partial charge on any atom is -0.418 e. The van der Waals surface area contributed by atoms with Crippen molar-refractivity contribution >= 4 is 23.9 Å². The topological polar surface area (TPSA) is 38.9 Å². The number of hydrogen-bond donors (Lipinski definition) is 1. The molecule has 7 heteroatoms. The summed E-state index contributed by atoms with van der Waals surface area (Å²) in [4.78, 5) is 8.63. The van der Waals surface area contributed by atoms with E-state index in [4.69, 9.17) is 4.42 Å². The number of thiol groups is 1. The number of pyridine rings is 1. The first-order valence-electron chi connectivity index (χ1n) is 6.55. The molecular weight excluding hydrogens is 313 g/mol. The minimum absolute atomic E-state index is 0.0784. The highest BCUT2D eigenvalue weighted by molar-refractivity contribution is 7.80. The zero-order chi connectivity index (χ0) is 15.9.